The van der Waals surface area contributed by atoms with E-state index in [2.05, 4.69) is 11.0 Å². The average Bonchev–Trinajstić information content (AvgIpc) is 3.12. The fourth-order valence-corrected chi connectivity index (χ4v) is 8.11. The van der Waals surface area contributed by atoms with Crippen molar-refractivity contribution in [2.45, 2.75) is 63.3 Å². The molecule has 2 aliphatic heterocycles. The number of nitrogens with zero attached hydrogens (tertiary/aromatic N) is 3. The normalized spacial score (nSPS) is 25.5. The van der Waals surface area contributed by atoms with Crippen molar-refractivity contribution < 1.29 is 37.3 Å². The highest BCUT2D eigenvalue weighted by Crippen LogP contribution is 2.42. The molecule has 1 aliphatic carbocycles. The van der Waals surface area contributed by atoms with Crippen molar-refractivity contribution in [2.24, 2.45) is 11.8 Å². The van der Waals surface area contributed by atoms with Gasteiger partial charge in [0.1, 0.15) is 12.4 Å². The van der Waals surface area contributed by atoms with Crippen molar-refractivity contribution in [3.05, 3.63) is 70.3 Å². The van der Waals surface area contributed by atoms with Gasteiger partial charge in [-0.05, 0) is 91.3 Å². The lowest BCUT2D eigenvalue weighted by Gasteiger charge is -2.43. The topological polar surface area (TPSA) is 138 Å². The van der Waals surface area contributed by atoms with Crippen molar-refractivity contribution in [3.8, 4) is 5.75 Å². The zero-order valence-electron chi connectivity index (χ0n) is 30.0. The number of hydrogen-bond acceptors (Lipinski definition) is 9. The van der Waals surface area contributed by atoms with Gasteiger partial charge in [0.2, 0.25) is 5.91 Å². The first-order valence-electron chi connectivity index (χ1n) is 17.6. The van der Waals surface area contributed by atoms with Gasteiger partial charge in [0, 0.05) is 59.5 Å². The standard InChI is InChI=1S/C37H51ClN4O8S/c1-40-17-7-6-10-33(49-4)31-15-12-27(31)24-42-18-8-5-9-26-21-30(38)14-11-28(26)25-50-34-16-13-29(22-32(34)42)37(45,23-35(40)43)36(44)39-51(46,47)41(2)19-20-48-3/h6,10-11,13-14,16,21-22,27,31,33,45H,5,7-9,12,15,17-20,23-25H2,1-4H3,(H,39,44)/b10-6+/t27-,31+,33-,37+/m0/s1. The van der Waals surface area contributed by atoms with Crippen molar-refractivity contribution in [3.63, 3.8) is 0 Å². The number of benzene rings is 2. The monoisotopic (exact) mass is 746 g/mol. The summed E-state index contributed by atoms with van der Waals surface area (Å²) >= 11 is 6.36. The van der Waals surface area contributed by atoms with E-state index in [1.165, 1.54) is 25.1 Å². The van der Waals surface area contributed by atoms with Crippen LogP contribution in [-0.4, -0.2) is 102 Å². The van der Waals surface area contributed by atoms with Crippen LogP contribution in [0.15, 0.2) is 48.6 Å². The maximum atomic E-state index is 14.0. The minimum Gasteiger partial charge on any atom is -0.487 e. The van der Waals surface area contributed by atoms with Gasteiger partial charge in [0.05, 0.1) is 24.8 Å². The van der Waals surface area contributed by atoms with Gasteiger partial charge in [-0.1, -0.05) is 35.9 Å². The molecule has 4 atom stereocenters. The van der Waals surface area contributed by atoms with Crippen molar-refractivity contribution >= 4 is 39.3 Å². The number of aliphatic hydroxyl groups is 1. The third kappa shape index (κ3) is 9.24. The molecule has 2 amide bonds. The number of anilines is 1. The number of halogens is 1. The van der Waals surface area contributed by atoms with Crippen LogP contribution in [0.2, 0.25) is 5.02 Å². The highest BCUT2D eigenvalue weighted by Gasteiger charge is 2.44. The number of amides is 2. The third-order valence-corrected chi connectivity index (χ3v) is 12.2. The minimum absolute atomic E-state index is 0.0285. The second kappa shape index (κ2) is 17.1. The molecule has 1 saturated carbocycles. The van der Waals surface area contributed by atoms with Gasteiger partial charge in [0.15, 0.2) is 5.60 Å². The molecule has 12 nitrogen and oxygen atoms in total. The SMILES string of the molecule is COCCN(C)S(=O)(=O)NC(=O)[C@@]1(O)CC(=O)N(C)CC/C=C/[C@H](OC)[C@@H]2CC[C@H]2CN2CCCCc3cc(Cl)ccc3COc3ccc1cc32. The molecule has 5 rings (SSSR count). The first-order chi connectivity index (χ1) is 24.4. The van der Waals surface area contributed by atoms with E-state index in [0.717, 1.165) is 47.5 Å². The predicted octanol–water partition coefficient (Wildman–Crippen LogP) is 4.04. The molecule has 51 heavy (non-hydrogen) atoms. The Bertz CT molecular complexity index is 1690. The van der Waals surface area contributed by atoms with Crippen LogP contribution >= 0.6 is 11.6 Å². The van der Waals surface area contributed by atoms with Gasteiger partial charge in [-0.25, -0.2) is 4.72 Å². The Balaban J connectivity index is 1.61. The van der Waals surface area contributed by atoms with Gasteiger partial charge < -0.3 is 29.1 Å². The fraction of sp³-hybridized carbons (Fsp3) is 0.568. The molecule has 2 aromatic carbocycles. The molecule has 2 bridgehead atoms. The van der Waals surface area contributed by atoms with Crippen LogP contribution in [0.4, 0.5) is 5.69 Å². The maximum absolute atomic E-state index is 14.0. The summed E-state index contributed by atoms with van der Waals surface area (Å²) < 4.78 is 46.8. The number of aryl methyl sites for hydroxylation is 1. The molecule has 0 saturated heterocycles. The zero-order chi connectivity index (χ0) is 36.8. The van der Waals surface area contributed by atoms with E-state index in [4.69, 9.17) is 25.8 Å². The summed E-state index contributed by atoms with van der Waals surface area (Å²) in [6.45, 7) is 2.01. The Labute approximate surface area is 306 Å². The van der Waals surface area contributed by atoms with E-state index >= 15 is 0 Å². The molecule has 14 heteroatoms. The number of likely N-dealkylation sites (N-methyl/N-ethyl adjacent to an activating group) is 1. The largest absolute Gasteiger partial charge is 0.487 e. The van der Waals surface area contributed by atoms with E-state index in [9.17, 15) is 23.1 Å². The quantitative estimate of drug-likeness (QED) is 0.403. The molecule has 0 spiro atoms. The molecule has 0 aromatic heterocycles. The number of hydrogen-bond donors (Lipinski definition) is 2. The van der Waals surface area contributed by atoms with Crippen LogP contribution in [-0.2, 0) is 47.9 Å². The van der Waals surface area contributed by atoms with Gasteiger partial charge in [-0.3, -0.25) is 9.59 Å². The van der Waals surface area contributed by atoms with Crippen molar-refractivity contribution in [1.82, 2.24) is 13.9 Å². The molecular formula is C37H51ClN4O8S. The summed E-state index contributed by atoms with van der Waals surface area (Å²) in [6, 6.07) is 10.7. The average molecular weight is 747 g/mol. The highest BCUT2D eigenvalue weighted by atomic mass is 35.5. The van der Waals surface area contributed by atoms with E-state index in [1.807, 2.05) is 29.0 Å². The lowest BCUT2D eigenvalue weighted by Crippen LogP contribution is -2.52. The van der Waals surface area contributed by atoms with Crippen molar-refractivity contribution in [1.29, 1.82) is 0 Å². The Morgan fingerprint density at radius 3 is 2.67 bits per heavy atom. The minimum atomic E-state index is -4.39. The fourth-order valence-electron chi connectivity index (χ4n) is 7.04. The van der Waals surface area contributed by atoms with Gasteiger partial charge in [0.25, 0.3) is 5.91 Å². The van der Waals surface area contributed by atoms with E-state index in [1.54, 1.807) is 26.3 Å². The summed E-state index contributed by atoms with van der Waals surface area (Å²) in [5.41, 5.74) is 0.332. The second-order valence-electron chi connectivity index (χ2n) is 13.8. The van der Waals surface area contributed by atoms with Crippen LogP contribution in [0.5, 0.6) is 5.75 Å². The molecule has 2 aromatic rings. The van der Waals surface area contributed by atoms with E-state index < -0.39 is 34.0 Å². The van der Waals surface area contributed by atoms with Crippen LogP contribution in [0.1, 0.15) is 55.2 Å². The maximum Gasteiger partial charge on any atom is 0.303 e. The summed E-state index contributed by atoms with van der Waals surface area (Å²) in [5.74, 6) is -0.616. The molecule has 0 unspecified atom stereocenters. The first kappa shape index (κ1) is 39.0. The molecule has 3 aliphatic rings. The molecule has 0 radical (unpaired) electrons. The lowest BCUT2D eigenvalue weighted by molar-refractivity contribution is -0.148. The number of ether oxygens (including phenoxy) is 3. The predicted molar refractivity (Wildman–Crippen MR) is 196 cm³/mol. The van der Waals surface area contributed by atoms with Crippen LogP contribution in [0.3, 0.4) is 0 Å². The Morgan fingerprint density at radius 1 is 1.14 bits per heavy atom. The molecule has 2 heterocycles. The zero-order valence-corrected chi connectivity index (χ0v) is 31.5. The molecule has 1 fully saturated rings. The number of rotatable bonds is 7. The first-order valence-corrected chi connectivity index (χ1v) is 19.4. The number of nitrogens with one attached hydrogen (secondary N) is 1. The molecular weight excluding hydrogens is 696 g/mol. The van der Waals surface area contributed by atoms with Crippen molar-refractivity contribution in [2.75, 3.05) is 66.0 Å². The summed E-state index contributed by atoms with van der Waals surface area (Å²) in [7, 11) is 1.67. The highest BCUT2D eigenvalue weighted by molar-refractivity contribution is 7.87. The number of fused-ring (bicyclic) bond motifs is 3. The van der Waals surface area contributed by atoms with E-state index in [-0.39, 0.29) is 31.4 Å². The Hall–Kier alpha value is -3.20. The smallest absolute Gasteiger partial charge is 0.303 e. The molecule has 280 valence electrons. The number of methoxy groups -OCH3 is 2. The van der Waals surface area contributed by atoms with E-state index in [0.29, 0.717) is 54.4 Å². The van der Waals surface area contributed by atoms with Gasteiger partial charge >= 0.3 is 10.2 Å². The van der Waals surface area contributed by atoms with Crippen LogP contribution in [0.25, 0.3) is 0 Å². The summed E-state index contributed by atoms with van der Waals surface area (Å²) in [5, 5.41) is 13.0. The third-order valence-electron chi connectivity index (χ3n) is 10.5. The number of carbonyl (C=O) groups excluding carboxylic acids is 2. The summed E-state index contributed by atoms with van der Waals surface area (Å²) in [4.78, 5) is 31.4. The Kier molecular flexibility index (Phi) is 13.1. The van der Waals surface area contributed by atoms with Crippen LogP contribution < -0.4 is 14.4 Å². The van der Waals surface area contributed by atoms with Gasteiger partial charge in [-0.2, -0.15) is 12.7 Å². The summed E-state index contributed by atoms with van der Waals surface area (Å²) in [6.07, 6.45) is 8.49. The second-order valence-corrected chi connectivity index (χ2v) is 16.0. The lowest BCUT2D eigenvalue weighted by atomic mass is 9.70. The number of carbonyl (C=O) groups is 2. The van der Waals surface area contributed by atoms with Crippen LogP contribution in [0, 0.1) is 11.8 Å². The van der Waals surface area contributed by atoms with Gasteiger partial charge in [-0.15, -0.1) is 0 Å². The molecule has 2 N–H and O–H groups in total. The Morgan fingerprint density at radius 2 is 1.94 bits per heavy atom.